The van der Waals surface area contributed by atoms with Crippen LogP contribution in [0.3, 0.4) is 0 Å². The third-order valence-electron chi connectivity index (χ3n) is 4.24. The Hall–Kier alpha value is -1.65. The van der Waals surface area contributed by atoms with Gasteiger partial charge in [-0.1, -0.05) is 6.07 Å². The maximum atomic E-state index is 12.3. The summed E-state index contributed by atoms with van der Waals surface area (Å²) in [7, 11) is -3.11. The minimum Gasteiger partial charge on any atom is -0.366 e. The quantitative estimate of drug-likeness (QED) is 0.911. The third-order valence-corrected chi connectivity index (χ3v) is 6.61. The molecule has 0 aromatic carbocycles. The molecule has 3 rings (SSSR count). The predicted octanol–water partition coefficient (Wildman–Crippen LogP) is 1.63. The first kappa shape index (κ1) is 15.3. The summed E-state index contributed by atoms with van der Waals surface area (Å²) in [5, 5.41) is 12.2. The predicted molar refractivity (Wildman–Crippen MR) is 83.8 cm³/mol. The van der Waals surface area contributed by atoms with E-state index in [1.807, 2.05) is 19.1 Å². The molecule has 1 aliphatic heterocycles. The fourth-order valence-electron chi connectivity index (χ4n) is 2.80. The molecule has 22 heavy (non-hydrogen) atoms. The van der Waals surface area contributed by atoms with Gasteiger partial charge in [-0.05, 0) is 44.2 Å². The average Bonchev–Trinajstić information content (AvgIpc) is 3.35. The molecule has 1 aromatic heterocycles. The zero-order chi connectivity index (χ0) is 15.7. The van der Waals surface area contributed by atoms with Crippen molar-refractivity contribution in [3.63, 3.8) is 0 Å². The lowest BCUT2D eigenvalue weighted by Crippen LogP contribution is -2.46. The van der Waals surface area contributed by atoms with E-state index in [9.17, 15) is 8.42 Å². The Morgan fingerprint density at radius 2 is 2.14 bits per heavy atom. The van der Waals surface area contributed by atoms with Gasteiger partial charge < -0.3 is 5.32 Å². The number of nitriles is 1. The second-order valence-corrected chi connectivity index (χ2v) is 8.27. The smallest absolute Gasteiger partial charge is 0.217 e. The van der Waals surface area contributed by atoms with E-state index < -0.39 is 10.0 Å². The van der Waals surface area contributed by atoms with E-state index in [4.69, 9.17) is 5.26 Å². The molecule has 0 radical (unpaired) electrons. The van der Waals surface area contributed by atoms with Gasteiger partial charge in [-0.2, -0.15) is 9.57 Å². The topological polar surface area (TPSA) is 86.1 Å². The van der Waals surface area contributed by atoms with Crippen molar-refractivity contribution >= 4 is 15.8 Å². The van der Waals surface area contributed by atoms with Crippen LogP contribution in [-0.4, -0.2) is 42.1 Å². The Labute approximate surface area is 131 Å². The van der Waals surface area contributed by atoms with E-state index in [1.165, 1.54) is 0 Å². The van der Waals surface area contributed by atoms with Gasteiger partial charge in [0.05, 0.1) is 5.25 Å². The van der Waals surface area contributed by atoms with Gasteiger partial charge in [-0.15, -0.1) is 0 Å². The molecular weight excluding hydrogens is 300 g/mol. The number of aryl methyl sites for hydroxylation is 1. The van der Waals surface area contributed by atoms with Crippen molar-refractivity contribution in [1.82, 2.24) is 9.29 Å². The van der Waals surface area contributed by atoms with Gasteiger partial charge in [0.1, 0.15) is 17.6 Å². The Kier molecular flexibility index (Phi) is 4.06. The monoisotopic (exact) mass is 320 g/mol. The minimum atomic E-state index is -3.11. The summed E-state index contributed by atoms with van der Waals surface area (Å²) < 4.78 is 26.3. The first-order valence-electron chi connectivity index (χ1n) is 7.64. The molecule has 0 unspecified atom stereocenters. The van der Waals surface area contributed by atoms with Crippen LogP contribution in [-0.2, 0) is 10.0 Å². The SMILES string of the molecule is Cc1ccc(N[C@@H]2CCCN(S(=O)(=O)C3CC3)C2)nc1C#N. The molecular formula is C15H20N4O2S. The molecule has 0 bridgehead atoms. The molecule has 1 N–H and O–H groups in total. The lowest BCUT2D eigenvalue weighted by atomic mass is 10.1. The van der Waals surface area contributed by atoms with E-state index >= 15 is 0 Å². The zero-order valence-corrected chi connectivity index (χ0v) is 13.4. The number of sulfonamides is 1. The van der Waals surface area contributed by atoms with Crippen LogP contribution in [0, 0.1) is 18.3 Å². The highest BCUT2D eigenvalue weighted by Gasteiger charge is 2.41. The summed E-state index contributed by atoms with van der Waals surface area (Å²) in [6, 6.07) is 5.81. The standard InChI is InChI=1S/C15H20N4O2S/c1-11-4-7-15(18-14(11)9-16)17-12-3-2-8-19(10-12)22(20,21)13-5-6-13/h4,7,12-13H,2-3,5-6,8,10H2,1H3,(H,17,18)/t12-/m1/s1. The molecule has 7 heteroatoms. The summed E-state index contributed by atoms with van der Waals surface area (Å²) in [5.41, 5.74) is 1.25. The lowest BCUT2D eigenvalue weighted by Gasteiger charge is -2.32. The largest absolute Gasteiger partial charge is 0.366 e. The molecule has 2 fully saturated rings. The number of hydrogen-bond acceptors (Lipinski definition) is 5. The number of piperidine rings is 1. The maximum Gasteiger partial charge on any atom is 0.217 e. The van der Waals surface area contributed by atoms with Gasteiger partial charge in [0.2, 0.25) is 10.0 Å². The van der Waals surface area contributed by atoms with Crippen LogP contribution < -0.4 is 5.32 Å². The van der Waals surface area contributed by atoms with Crippen LogP contribution >= 0.6 is 0 Å². The van der Waals surface area contributed by atoms with Gasteiger partial charge >= 0.3 is 0 Å². The van der Waals surface area contributed by atoms with Crippen molar-refractivity contribution < 1.29 is 8.42 Å². The number of anilines is 1. The van der Waals surface area contributed by atoms with Crippen molar-refractivity contribution in [1.29, 1.82) is 5.26 Å². The highest BCUT2D eigenvalue weighted by atomic mass is 32.2. The van der Waals surface area contributed by atoms with E-state index in [-0.39, 0.29) is 11.3 Å². The van der Waals surface area contributed by atoms with Crippen LogP contribution in [0.25, 0.3) is 0 Å². The molecule has 1 saturated carbocycles. The van der Waals surface area contributed by atoms with Gasteiger partial charge in [0.25, 0.3) is 0 Å². The number of aromatic nitrogens is 1. The summed E-state index contributed by atoms with van der Waals surface area (Å²) in [6.45, 7) is 2.94. The molecule has 0 amide bonds. The van der Waals surface area contributed by atoms with Crippen molar-refractivity contribution in [2.24, 2.45) is 0 Å². The normalized spacial score (nSPS) is 23.0. The van der Waals surface area contributed by atoms with Crippen LogP contribution in [0.5, 0.6) is 0 Å². The van der Waals surface area contributed by atoms with Crippen LogP contribution in [0.2, 0.25) is 0 Å². The van der Waals surface area contributed by atoms with Gasteiger partial charge in [0, 0.05) is 19.1 Å². The van der Waals surface area contributed by atoms with E-state index in [0.717, 1.165) is 31.2 Å². The minimum absolute atomic E-state index is 0.0454. The fraction of sp³-hybridized carbons (Fsp3) is 0.600. The third kappa shape index (κ3) is 3.08. The molecule has 1 aromatic rings. The Bertz CT molecular complexity index is 707. The van der Waals surface area contributed by atoms with Gasteiger partial charge in [-0.3, -0.25) is 0 Å². The zero-order valence-electron chi connectivity index (χ0n) is 12.6. The number of nitrogens with one attached hydrogen (secondary N) is 1. The number of nitrogens with zero attached hydrogens (tertiary/aromatic N) is 3. The van der Waals surface area contributed by atoms with E-state index in [2.05, 4.69) is 16.4 Å². The second kappa shape index (κ2) is 5.86. The van der Waals surface area contributed by atoms with Crippen molar-refractivity contribution in [3.05, 3.63) is 23.4 Å². The highest BCUT2D eigenvalue weighted by Crippen LogP contribution is 2.32. The van der Waals surface area contributed by atoms with Crippen LogP contribution in [0.15, 0.2) is 12.1 Å². The Morgan fingerprint density at radius 1 is 1.36 bits per heavy atom. The first-order chi connectivity index (χ1) is 10.5. The van der Waals surface area contributed by atoms with Crippen molar-refractivity contribution in [2.75, 3.05) is 18.4 Å². The van der Waals surface area contributed by atoms with Gasteiger partial charge in [-0.25, -0.2) is 13.4 Å². The fourth-order valence-corrected chi connectivity index (χ4v) is 4.72. The molecule has 1 atom stereocenters. The summed E-state index contributed by atoms with van der Waals surface area (Å²) in [6.07, 6.45) is 3.35. The molecule has 2 aliphatic rings. The first-order valence-corrected chi connectivity index (χ1v) is 9.14. The number of rotatable bonds is 4. The average molecular weight is 320 g/mol. The molecule has 6 nitrogen and oxygen atoms in total. The number of hydrogen-bond donors (Lipinski definition) is 1. The highest BCUT2D eigenvalue weighted by molar-refractivity contribution is 7.90. The summed E-state index contributed by atoms with van der Waals surface area (Å²) >= 11 is 0. The van der Waals surface area contributed by atoms with Crippen molar-refractivity contribution in [3.8, 4) is 6.07 Å². The molecule has 1 aliphatic carbocycles. The van der Waals surface area contributed by atoms with Crippen LogP contribution in [0.1, 0.15) is 36.9 Å². The molecule has 2 heterocycles. The van der Waals surface area contributed by atoms with Crippen LogP contribution in [0.4, 0.5) is 5.82 Å². The molecule has 1 saturated heterocycles. The Balaban J connectivity index is 1.69. The molecule has 118 valence electrons. The Morgan fingerprint density at radius 3 is 2.82 bits per heavy atom. The van der Waals surface area contributed by atoms with Crippen molar-refractivity contribution in [2.45, 2.75) is 43.9 Å². The number of pyridine rings is 1. The molecule has 0 spiro atoms. The second-order valence-electron chi connectivity index (χ2n) is 6.06. The van der Waals surface area contributed by atoms with E-state index in [1.54, 1.807) is 4.31 Å². The van der Waals surface area contributed by atoms with Gasteiger partial charge in [0.15, 0.2) is 0 Å². The summed E-state index contributed by atoms with van der Waals surface area (Å²) in [4.78, 5) is 4.28. The maximum absolute atomic E-state index is 12.3. The van der Waals surface area contributed by atoms with E-state index in [0.29, 0.717) is 24.6 Å². The summed E-state index contributed by atoms with van der Waals surface area (Å²) in [5.74, 6) is 0.637. The lowest BCUT2D eigenvalue weighted by molar-refractivity contribution is 0.326.